The summed E-state index contributed by atoms with van der Waals surface area (Å²) < 4.78 is 13.3. The molecule has 0 aliphatic heterocycles. The van der Waals surface area contributed by atoms with Crippen LogP contribution in [-0.4, -0.2) is 18.6 Å². The van der Waals surface area contributed by atoms with Gasteiger partial charge in [-0.1, -0.05) is 30.5 Å². The van der Waals surface area contributed by atoms with E-state index in [1.807, 2.05) is 17.8 Å². The van der Waals surface area contributed by atoms with E-state index in [2.05, 4.69) is 18.5 Å². The Labute approximate surface area is 125 Å². The Balaban J connectivity index is 2.20. The predicted molar refractivity (Wildman–Crippen MR) is 84.7 cm³/mol. The van der Waals surface area contributed by atoms with E-state index in [1.165, 1.54) is 37.5 Å². The Morgan fingerprint density at radius 1 is 1.26 bits per heavy atom. The zero-order valence-corrected chi connectivity index (χ0v) is 13.3. The maximum Gasteiger partial charge on any atom is 0.142 e. The molecule has 1 aromatic rings. The van der Waals surface area contributed by atoms with Crippen LogP contribution in [0.25, 0.3) is 0 Å². The lowest BCUT2D eigenvalue weighted by molar-refractivity contribution is 0.533. The summed E-state index contributed by atoms with van der Waals surface area (Å²) in [6.45, 7) is 3.03. The van der Waals surface area contributed by atoms with Gasteiger partial charge in [0.15, 0.2) is 0 Å². The van der Waals surface area contributed by atoms with Crippen LogP contribution in [0.2, 0.25) is 5.02 Å². The monoisotopic (exact) mass is 303 g/mol. The van der Waals surface area contributed by atoms with Gasteiger partial charge in [0.25, 0.3) is 0 Å². The summed E-state index contributed by atoms with van der Waals surface area (Å²) in [5.41, 5.74) is 0.948. The Hall–Kier alpha value is -0.250. The van der Waals surface area contributed by atoms with Crippen molar-refractivity contribution in [2.24, 2.45) is 0 Å². The topological polar surface area (TPSA) is 12.0 Å². The van der Waals surface area contributed by atoms with E-state index in [1.54, 1.807) is 6.07 Å². The van der Waals surface area contributed by atoms with E-state index in [9.17, 15) is 4.39 Å². The molecule has 1 atom stereocenters. The minimum absolute atomic E-state index is 0.165. The predicted octanol–water partition coefficient (Wildman–Crippen LogP) is 5.05. The molecule has 0 aromatic heterocycles. The Kier molecular flexibility index (Phi) is 8.51. The molecule has 1 aromatic carbocycles. The zero-order chi connectivity index (χ0) is 14.1. The molecule has 19 heavy (non-hydrogen) atoms. The van der Waals surface area contributed by atoms with Gasteiger partial charge in [0.05, 0.1) is 5.02 Å². The summed E-state index contributed by atoms with van der Waals surface area (Å²) in [5, 5.41) is 3.61. The molecule has 0 radical (unpaired) electrons. The molecule has 1 nitrogen and oxygen atoms in total. The van der Waals surface area contributed by atoms with Gasteiger partial charge in [-0.3, -0.25) is 0 Å². The van der Waals surface area contributed by atoms with Crippen LogP contribution in [0.1, 0.15) is 44.2 Å². The largest absolute Gasteiger partial charge is 0.310 e. The third-order valence-corrected chi connectivity index (χ3v) is 4.17. The highest BCUT2D eigenvalue weighted by atomic mass is 35.5. The highest BCUT2D eigenvalue weighted by Crippen LogP contribution is 2.20. The van der Waals surface area contributed by atoms with Gasteiger partial charge in [0, 0.05) is 6.04 Å². The van der Waals surface area contributed by atoms with Gasteiger partial charge in [0.2, 0.25) is 0 Å². The number of halogens is 2. The van der Waals surface area contributed by atoms with E-state index in [0.29, 0.717) is 0 Å². The second-order valence-electron chi connectivity index (χ2n) is 4.76. The van der Waals surface area contributed by atoms with Crippen molar-refractivity contribution in [3.8, 4) is 0 Å². The Bertz CT molecular complexity index is 373. The van der Waals surface area contributed by atoms with Crippen molar-refractivity contribution in [2.75, 3.05) is 18.6 Å². The number of thioether (sulfide) groups is 1. The zero-order valence-electron chi connectivity index (χ0n) is 11.7. The molecule has 0 saturated heterocycles. The smallest absolute Gasteiger partial charge is 0.142 e. The van der Waals surface area contributed by atoms with Crippen molar-refractivity contribution in [3.05, 3.63) is 34.6 Å². The van der Waals surface area contributed by atoms with E-state index in [4.69, 9.17) is 11.6 Å². The van der Waals surface area contributed by atoms with Gasteiger partial charge >= 0.3 is 0 Å². The number of hydrogen-bond donors (Lipinski definition) is 1. The highest BCUT2D eigenvalue weighted by molar-refractivity contribution is 7.98. The summed E-state index contributed by atoms with van der Waals surface area (Å²) in [6, 6.07) is 5.17. The summed E-state index contributed by atoms with van der Waals surface area (Å²) in [7, 11) is 0. The molecule has 0 fully saturated rings. The van der Waals surface area contributed by atoms with Crippen LogP contribution in [0.5, 0.6) is 0 Å². The fourth-order valence-corrected chi connectivity index (χ4v) is 2.55. The van der Waals surface area contributed by atoms with Crippen LogP contribution in [0.15, 0.2) is 18.2 Å². The maximum absolute atomic E-state index is 13.3. The molecular weight excluding hydrogens is 281 g/mol. The molecule has 0 spiro atoms. The molecule has 0 amide bonds. The molecule has 0 saturated carbocycles. The fourth-order valence-electron chi connectivity index (χ4n) is 1.94. The van der Waals surface area contributed by atoms with Crippen molar-refractivity contribution in [3.63, 3.8) is 0 Å². The van der Waals surface area contributed by atoms with Gasteiger partial charge in [-0.15, -0.1) is 0 Å². The second-order valence-corrected chi connectivity index (χ2v) is 6.15. The Morgan fingerprint density at radius 2 is 2.00 bits per heavy atom. The van der Waals surface area contributed by atoms with E-state index in [-0.39, 0.29) is 16.9 Å². The number of benzene rings is 1. The Morgan fingerprint density at radius 3 is 2.68 bits per heavy atom. The minimum atomic E-state index is -0.343. The van der Waals surface area contributed by atoms with Crippen molar-refractivity contribution < 1.29 is 4.39 Å². The number of nitrogens with one attached hydrogen (secondary N) is 1. The van der Waals surface area contributed by atoms with Gasteiger partial charge in [0.1, 0.15) is 5.82 Å². The van der Waals surface area contributed by atoms with Gasteiger partial charge in [-0.05, 0) is 56.0 Å². The number of hydrogen-bond acceptors (Lipinski definition) is 2. The standard InChI is InChI=1S/C15H23ClFNS/c1-12(13-7-8-14(16)15(17)11-13)18-9-5-3-4-6-10-19-2/h7-8,11-12,18H,3-6,9-10H2,1-2H3. The normalized spacial score (nSPS) is 12.6. The lowest BCUT2D eigenvalue weighted by atomic mass is 10.1. The van der Waals surface area contributed by atoms with Gasteiger partial charge < -0.3 is 5.32 Å². The third-order valence-electron chi connectivity index (χ3n) is 3.17. The van der Waals surface area contributed by atoms with Crippen LogP contribution in [-0.2, 0) is 0 Å². The molecule has 0 aliphatic carbocycles. The molecule has 1 N–H and O–H groups in total. The maximum atomic E-state index is 13.3. The van der Waals surface area contributed by atoms with Gasteiger partial charge in [-0.2, -0.15) is 11.8 Å². The van der Waals surface area contributed by atoms with Crippen molar-refractivity contribution in [1.82, 2.24) is 5.32 Å². The SMILES string of the molecule is CSCCCCCCNC(C)c1ccc(Cl)c(F)c1. The first-order valence-electron chi connectivity index (χ1n) is 6.82. The quantitative estimate of drug-likeness (QED) is 0.640. The molecule has 0 bridgehead atoms. The van der Waals surface area contributed by atoms with Crippen LogP contribution in [0.4, 0.5) is 4.39 Å². The summed E-state index contributed by atoms with van der Waals surface area (Å²) >= 11 is 7.58. The lowest BCUT2D eigenvalue weighted by Crippen LogP contribution is -2.19. The highest BCUT2D eigenvalue weighted by Gasteiger charge is 2.07. The average Bonchev–Trinajstić information content (AvgIpc) is 2.40. The average molecular weight is 304 g/mol. The van der Waals surface area contributed by atoms with Gasteiger partial charge in [-0.25, -0.2) is 4.39 Å². The van der Waals surface area contributed by atoms with Crippen LogP contribution >= 0.6 is 23.4 Å². The molecular formula is C15H23ClFNS. The van der Waals surface area contributed by atoms with E-state index < -0.39 is 0 Å². The first kappa shape index (κ1) is 16.8. The first-order valence-corrected chi connectivity index (χ1v) is 8.59. The number of unbranched alkanes of at least 4 members (excludes halogenated alkanes) is 3. The van der Waals surface area contributed by atoms with Crippen LogP contribution in [0, 0.1) is 5.82 Å². The van der Waals surface area contributed by atoms with Crippen molar-refractivity contribution in [2.45, 2.75) is 38.6 Å². The third kappa shape index (κ3) is 6.64. The summed E-state index contributed by atoms with van der Waals surface area (Å²) in [5.74, 6) is 0.915. The molecule has 108 valence electrons. The molecule has 0 aliphatic rings. The fraction of sp³-hybridized carbons (Fsp3) is 0.600. The summed E-state index contributed by atoms with van der Waals surface area (Å²) in [6.07, 6.45) is 7.18. The van der Waals surface area contributed by atoms with Crippen LogP contribution < -0.4 is 5.32 Å². The van der Waals surface area contributed by atoms with Crippen molar-refractivity contribution >= 4 is 23.4 Å². The molecule has 1 unspecified atom stereocenters. The van der Waals surface area contributed by atoms with E-state index in [0.717, 1.165) is 12.1 Å². The number of rotatable bonds is 9. The molecule has 1 rings (SSSR count). The first-order chi connectivity index (χ1) is 9.15. The molecule has 0 heterocycles. The summed E-state index contributed by atoms with van der Waals surface area (Å²) in [4.78, 5) is 0. The van der Waals surface area contributed by atoms with Crippen LogP contribution in [0.3, 0.4) is 0 Å². The molecule has 4 heteroatoms. The minimum Gasteiger partial charge on any atom is -0.310 e. The van der Waals surface area contributed by atoms with E-state index >= 15 is 0 Å². The lowest BCUT2D eigenvalue weighted by Gasteiger charge is -2.14. The van der Waals surface area contributed by atoms with Crippen molar-refractivity contribution in [1.29, 1.82) is 0 Å². The second kappa shape index (κ2) is 9.62.